The van der Waals surface area contributed by atoms with Crippen LogP contribution in [-0.4, -0.2) is 12.1 Å². The first-order chi connectivity index (χ1) is 8.28. The van der Waals surface area contributed by atoms with Gasteiger partial charge in [0.05, 0.1) is 0 Å². The number of halogens is 3. The minimum atomic E-state index is -4.20. The first-order valence-electron chi connectivity index (χ1n) is 5.38. The monoisotopic (exact) mass is 261 g/mol. The highest BCUT2D eigenvalue weighted by Gasteiger charge is 2.27. The van der Waals surface area contributed by atoms with Gasteiger partial charge >= 0.3 is 12.1 Å². The van der Waals surface area contributed by atoms with E-state index in [4.69, 9.17) is 10.5 Å². The van der Waals surface area contributed by atoms with Gasteiger partial charge in [-0.05, 0) is 24.1 Å². The second-order valence-electron chi connectivity index (χ2n) is 3.92. The number of alkyl halides is 3. The average Bonchev–Trinajstić information content (AvgIpc) is 2.25. The van der Waals surface area contributed by atoms with Crippen LogP contribution in [0.1, 0.15) is 31.4 Å². The summed E-state index contributed by atoms with van der Waals surface area (Å²) in [5.41, 5.74) is 6.22. The van der Waals surface area contributed by atoms with Crippen molar-refractivity contribution in [1.29, 1.82) is 0 Å². The summed E-state index contributed by atoms with van der Waals surface area (Å²) in [6.45, 7) is 1.27. The van der Waals surface area contributed by atoms with Gasteiger partial charge < -0.3 is 10.5 Å². The van der Waals surface area contributed by atoms with Crippen LogP contribution in [0.2, 0.25) is 0 Å². The zero-order valence-electron chi connectivity index (χ0n) is 9.83. The lowest BCUT2D eigenvalue weighted by atomic mass is 10.0. The molecule has 100 valence electrons. The van der Waals surface area contributed by atoms with E-state index in [9.17, 15) is 18.0 Å². The molecule has 1 atom stereocenters. The van der Waals surface area contributed by atoms with Crippen molar-refractivity contribution < 1.29 is 22.7 Å². The van der Waals surface area contributed by atoms with Gasteiger partial charge in [0.15, 0.2) is 0 Å². The zero-order chi connectivity index (χ0) is 13.8. The molecule has 0 fully saturated rings. The van der Waals surface area contributed by atoms with E-state index in [1.165, 1.54) is 19.1 Å². The van der Waals surface area contributed by atoms with Crippen molar-refractivity contribution >= 4 is 5.97 Å². The number of carbonyl (C=O) groups excluding carboxylic acids is 1. The Morgan fingerprint density at radius 1 is 1.33 bits per heavy atom. The Labute approximate surface area is 103 Å². The van der Waals surface area contributed by atoms with Gasteiger partial charge in [-0.3, -0.25) is 4.79 Å². The Morgan fingerprint density at radius 3 is 2.33 bits per heavy atom. The highest BCUT2D eigenvalue weighted by atomic mass is 19.4. The number of benzene rings is 1. The lowest BCUT2D eigenvalue weighted by Crippen LogP contribution is -2.15. The molecule has 0 spiro atoms. The molecule has 0 aliphatic rings. The van der Waals surface area contributed by atoms with E-state index >= 15 is 0 Å². The lowest BCUT2D eigenvalue weighted by molar-refractivity contribution is -0.136. The van der Waals surface area contributed by atoms with E-state index in [0.717, 1.165) is 0 Å². The number of nitrogens with two attached hydrogens (primary N) is 1. The third kappa shape index (κ3) is 5.18. The summed E-state index contributed by atoms with van der Waals surface area (Å²) in [5.74, 6) is -0.113. The first-order valence-corrected chi connectivity index (χ1v) is 5.38. The summed E-state index contributed by atoms with van der Waals surface area (Å²) in [6.07, 6.45) is -5.29. The van der Waals surface area contributed by atoms with Gasteiger partial charge in [-0.2, -0.15) is 13.2 Å². The van der Waals surface area contributed by atoms with Crippen molar-refractivity contribution in [2.45, 2.75) is 32.0 Å². The molecule has 3 nitrogen and oxygen atoms in total. The van der Waals surface area contributed by atoms with Crippen LogP contribution in [0.4, 0.5) is 13.2 Å². The molecule has 1 rings (SSSR count). The normalized spacial score (nSPS) is 13.2. The van der Waals surface area contributed by atoms with Gasteiger partial charge in [-0.15, -0.1) is 0 Å². The molecule has 0 aromatic heterocycles. The molecule has 0 unspecified atom stereocenters. The predicted octanol–water partition coefficient (Wildman–Crippen LogP) is 2.95. The fraction of sp³-hybridized carbons (Fsp3) is 0.417. The van der Waals surface area contributed by atoms with E-state index in [1.54, 1.807) is 12.1 Å². The van der Waals surface area contributed by atoms with Crippen LogP contribution in [0.3, 0.4) is 0 Å². The van der Waals surface area contributed by atoms with E-state index < -0.39 is 24.6 Å². The molecule has 0 saturated heterocycles. The largest absolute Gasteiger partial charge is 0.427 e. The van der Waals surface area contributed by atoms with Gasteiger partial charge in [0.25, 0.3) is 0 Å². The molecule has 0 aliphatic heterocycles. The molecule has 0 heterocycles. The zero-order valence-corrected chi connectivity index (χ0v) is 9.83. The van der Waals surface area contributed by atoms with Crippen molar-refractivity contribution in [1.82, 2.24) is 0 Å². The fourth-order valence-electron chi connectivity index (χ4n) is 1.43. The Balaban J connectivity index is 2.59. The van der Waals surface area contributed by atoms with Crippen LogP contribution in [0.5, 0.6) is 5.75 Å². The van der Waals surface area contributed by atoms with Crippen LogP contribution in [0.25, 0.3) is 0 Å². The maximum absolute atomic E-state index is 12.0. The van der Waals surface area contributed by atoms with Crippen LogP contribution in [0, 0.1) is 0 Å². The van der Waals surface area contributed by atoms with E-state index in [0.29, 0.717) is 11.3 Å². The first kappa shape index (κ1) is 14.5. The van der Waals surface area contributed by atoms with Crippen LogP contribution >= 0.6 is 0 Å². The van der Waals surface area contributed by atoms with Gasteiger partial charge in [0.2, 0.25) is 0 Å². The smallest absolute Gasteiger partial charge is 0.389 e. The number of esters is 1. The van der Waals surface area contributed by atoms with Gasteiger partial charge in [0, 0.05) is 19.4 Å². The number of hydrogen-bond acceptors (Lipinski definition) is 3. The Morgan fingerprint density at radius 2 is 1.89 bits per heavy atom. The molecule has 0 bridgehead atoms. The predicted molar refractivity (Wildman–Crippen MR) is 60.0 cm³/mol. The molecule has 2 N–H and O–H groups in total. The summed E-state index contributed by atoms with van der Waals surface area (Å²) in [5, 5.41) is 0. The maximum atomic E-state index is 12.0. The summed E-state index contributed by atoms with van der Waals surface area (Å²) in [6, 6.07) is 5.44. The van der Waals surface area contributed by atoms with E-state index in [1.807, 2.05) is 0 Å². The Hall–Kier alpha value is -1.56. The third-order valence-electron chi connectivity index (χ3n) is 2.31. The number of carbonyl (C=O) groups is 1. The van der Waals surface area contributed by atoms with E-state index in [2.05, 4.69) is 0 Å². The highest BCUT2D eigenvalue weighted by molar-refractivity contribution is 5.69. The van der Waals surface area contributed by atoms with Crippen LogP contribution in [-0.2, 0) is 4.79 Å². The van der Waals surface area contributed by atoms with Crippen molar-refractivity contribution in [2.24, 2.45) is 5.73 Å². The SMILES string of the molecule is CC(=O)Oc1ccc([C@H](N)CCC(F)(F)F)cc1. The summed E-state index contributed by atoms with van der Waals surface area (Å²) in [7, 11) is 0. The molecule has 0 aliphatic carbocycles. The summed E-state index contributed by atoms with van der Waals surface area (Å²) < 4.78 is 40.9. The summed E-state index contributed by atoms with van der Waals surface area (Å²) in [4.78, 5) is 10.7. The Bertz CT molecular complexity index is 401. The molecular weight excluding hydrogens is 247 g/mol. The molecule has 0 saturated carbocycles. The quantitative estimate of drug-likeness (QED) is 0.669. The number of ether oxygens (including phenoxy) is 1. The van der Waals surface area contributed by atoms with Gasteiger partial charge in [0.1, 0.15) is 5.75 Å². The number of rotatable bonds is 4. The lowest BCUT2D eigenvalue weighted by Gasteiger charge is -2.13. The molecule has 0 amide bonds. The van der Waals surface area contributed by atoms with Crippen LogP contribution in [0.15, 0.2) is 24.3 Å². The minimum Gasteiger partial charge on any atom is -0.427 e. The van der Waals surface area contributed by atoms with Gasteiger partial charge in [-0.1, -0.05) is 12.1 Å². The van der Waals surface area contributed by atoms with Crippen molar-refractivity contribution in [3.05, 3.63) is 29.8 Å². The Kier molecular flexibility index (Phi) is 4.72. The van der Waals surface area contributed by atoms with Crippen molar-refractivity contribution in [3.8, 4) is 5.75 Å². The van der Waals surface area contributed by atoms with Crippen molar-refractivity contribution in [3.63, 3.8) is 0 Å². The molecule has 18 heavy (non-hydrogen) atoms. The molecule has 0 radical (unpaired) electrons. The standard InChI is InChI=1S/C12H14F3NO2/c1-8(17)18-10-4-2-9(3-5-10)11(16)6-7-12(13,14)15/h2-5,11H,6-7,16H2,1H3/t11-/m1/s1. The molecule has 6 heteroatoms. The molecular formula is C12H14F3NO2. The average molecular weight is 261 g/mol. The van der Waals surface area contributed by atoms with Gasteiger partial charge in [-0.25, -0.2) is 0 Å². The second kappa shape index (κ2) is 5.86. The molecule has 1 aromatic rings. The topological polar surface area (TPSA) is 52.3 Å². The summed E-state index contributed by atoms with van der Waals surface area (Å²) >= 11 is 0. The van der Waals surface area contributed by atoms with Crippen LogP contribution < -0.4 is 10.5 Å². The maximum Gasteiger partial charge on any atom is 0.389 e. The van der Waals surface area contributed by atoms with E-state index in [-0.39, 0.29) is 6.42 Å². The highest BCUT2D eigenvalue weighted by Crippen LogP contribution is 2.27. The fourth-order valence-corrected chi connectivity index (χ4v) is 1.43. The minimum absolute atomic E-state index is 0.170. The third-order valence-corrected chi connectivity index (χ3v) is 2.31. The number of hydrogen-bond donors (Lipinski definition) is 1. The van der Waals surface area contributed by atoms with Crippen molar-refractivity contribution in [2.75, 3.05) is 0 Å². The second-order valence-corrected chi connectivity index (χ2v) is 3.92. The molecule has 1 aromatic carbocycles.